The molecule has 0 bridgehead atoms. The molecule has 0 aromatic heterocycles. The molecule has 1 aliphatic rings. The third-order valence-electron chi connectivity index (χ3n) is 3.59. The van der Waals surface area contributed by atoms with Crippen LogP contribution in [0.3, 0.4) is 0 Å². The largest absolute Gasteiger partial charge is 0.480 e. The van der Waals surface area contributed by atoms with Crippen LogP contribution in [0.4, 0.5) is 8.78 Å². The lowest BCUT2D eigenvalue weighted by Gasteiger charge is -2.26. The maximum absolute atomic E-state index is 13.0. The molecule has 1 unspecified atom stereocenters. The van der Waals surface area contributed by atoms with Gasteiger partial charge in [-0.25, -0.2) is 13.6 Å². The number of aliphatic carboxylic acids is 1. The maximum atomic E-state index is 13.0. The molecule has 1 atom stereocenters. The predicted molar refractivity (Wildman–Crippen MR) is 67.0 cm³/mol. The monoisotopic (exact) mass is 283 g/mol. The summed E-state index contributed by atoms with van der Waals surface area (Å²) in [5.41, 5.74) is -1.000. The highest BCUT2D eigenvalue weighted by Gasteiger charge is 2.48. The minimum Gasteiger partial charge on any atom is -0.480 e. The third kappa shape index (κ3) is 2.95. The molecule has 1 aromatic rings. The number of amides is 1. The summed E-state index contributed by atoms with van der Waals surface area (Å²) in [6, 6.07) is 3.17. The van der Waals surface area contributed by atoms with Gasteiger partial charge in [0.1, 0.15) is 5.54 Å². The molecule has 0 aliphatic heterocycles. The number of carboxylic acids is 1. The van der Waals surface area contributed by atoms with Gasteiger partial charge < -0.3 is 10.4 Å². The number of carboxylic acid groups (broad SMARTS) is 1. The number of carbonyl (C=O) groups excluding carboxylic acids is 1. The summed E-state index contributed by atoms with van der Waals surface area (Å²) in [7, 11) is 0. The molecular weight excluding hydrogens is 268 g/mol. The van der Waals surface area contributed by atoms with Gasteiger partial charge in [0.25, 0.3) is 0 Å². The molecule has 2 rings (SSSR count). The molecule has 20 heavy (non-hydrogen) atoms. The third-order valence-corrected chi connectivity index (χ3v) is 3.59. The van der Waals surface area contributed by atoms with Crippen LogP contribution in [0, 0.1) is 17.6 Å². The Labute approximate surface area is 114 Å². The first kappa shape index (κ1) is 14.4. The van der Waals surface area contributed by atoms with Gasteiger partial charge in [0.05, 0.1) is 6.42 Å². The van der Waals surface area contributed by atoms with Crippen LogP contribution in [0.25, 0.3) is 0 Å². The Bertz CT molecular complexity index is 557. The molecule has 6 heteroatoms. The molecular formula is C14H15F2NO3. The molecule has 2 N–H and O–H groups in total. The van der Waals surface area contributed by atoms with Crippen LogP contribution in [0.15, 0.2) is 18.2 Å². The zero-order valence-electron chi connectivity index (χ0n) is 11.0. The Kier molecular flexibility index (Phi) is 3.74. The fourth-order valence-electron chi connectivity index (χ4n) is 2.16. The zero-order valence-corrected chi connectivity index (χ0v) is 11.0. The minimum atomic E-state index is -1.30. The Morgan fingerprint density at radius 1 is 1.35 bits per heavy atom. The van der Waals surface area contributed by atoms with Gasteiger partial charge in [0.2, 0.25) is 5.91 Å². The van der Waals surface area contributed by atoms with Crippen LogP contribution in [0.1, 0.15) is 25.3 Å². The molecule has 1 amide bonds. The summed E-state index contributed by atoms with van der Waals surface area (Å²) < 4.78 is 25.8. The molecule has 1 saturated carbocycles. The average molecular weight is 283 g/mol. The number of hydrogen-bond donors (Lipinski definition) is 2. The van der Waals surface area contributed by atoms with E-state index in [9.17, 15) is 23.5 Å². The van der Waals surface area contributed by atoms with Crippen LogP contribution >= 0.6 is 0 Å². The Morgan fingerprint density at radius 2 is 2.00 bits per heavy atom. The van der Waals surface area contributed by atoms with Crippen molar-refractivity contribution in [2.75, 3.05) is 0 Å². The number of benzene rings is 1. The Hall–Kier alpha value is -1.98. The lowest BCUT2D eigenvalue weighted by atomic mass is 9.95. The van der Waals surface area contributed by atoms with E-state index in [-0.39, 0.29) is 12.3 Å². The smallest absolute Gasteiger partial charge is 0.329 e. The van der Waals surface area contributed by atoms with Crippen molar-refractivity contribution in [1.82, 2.24) is 5.32 Å². The predicted octanol–water partition coefficient (Wildman–Crippen LogP) is 1.88. The van der Waals surface area contributed by atoms with Crippen LogP contribution < -0.4 is 5.32 Å². The maximum Gasteiger partial charge on any atom is 0.329 e. The van der Waals surface area contributed by atoms with Crippen molar-refractivity contribution in [3.63, 3.8) is 0 Å². The van der Waals surface area contributed by atoms with Crippen molar-refractivity contribution < 1.29 is 23.5 Å². The van der Waals surface area contributed by atoms with Crippen molar-refractivity contribution in [2.45, 2.75) is 31.7 Å². The summed E-state index contributed by atoms with van der Waals surface area (Å²) in [4.78, 5) is 23.1. The van der Waals surface area contributed by atoms with E-state index >= 15 is 0 Å². The number of carbonyl (C=O) groups is 2. The Balaban J connectivity index is 2.04. The van der Waals surface area contributed by atoms with E-state index in [2.05, 4.69) is 5.32 Å². The first-order valence-corrected chi connectivity index (χ1v) is 6.31. The number of halogens is 2. The second-order valence-electron chi connectivity index (χ2n) is 5.26. The van der Waals surface area contributed by atoms with Crippen LogP contribution in [-0.4, -0.2) is 22.5 Å². The lowest BCUT2D eigenvalue weighted by molar-refractivity contribution is -0.147. The van der Waals surface area contributed by atoms with Crippen molar-refractivity contribution in [3.8, 4) is 0 Å². The second kappa shape index (κ2) is 5.19. The van der Waals surface area contributed by atoms with Gasteiger partial charge in [-0.3, -0.25) is 4.79 Å². The number of nitrogens with one attached hydrogen (secondary N) is 1. The first-order valence-electron chi connectivity index (χ1n) is 6.31. The van der Waals surface area contributed by atoms with Gasteiger partial charge in [-0.2, -0.15) is 0 Å². The molecule has 0 radical (unpaired) electrons. The zero-order chi connectivity index (χ0) is 14.9. The summed E-state index contributed by atoms with van der Waals surface area (Å²) >= 11 is 0. The van der Waals surface area contributed by atoms with Gasteiger partial charge in [-0.1, -0.05) is 6.07 Å². The molecule has 0 heterocycles. The Morgan fingerprint density at radius 3 is 2.50 bits per heavy atom. The van der Waals surface area contributed by atoms with Crippen molar-refractivity contribution in [2.24, 2.45) is 5.92 Å². The summed E-state index contributed by atoms with van der Waals surface area (Å²) in [5.74, 6) is -3.69. The molecule has 0 saturated heterocycles. The van der Waals surface area contributed by atoms with Crippen molar-refractivity contribution in [3.05, 3.63) is 35.4 Å². The first-order chi connectivity index (χ1) is 9.33. The standard InChI is InChI=1S/C14H15F2NO3/c1-14(13(19)20,9-3-4-9)17-12(18)7-8-2-5-10(15)11(16)6-8/h2,5-6,9H,3-4,7H2,1H3,(H,17,18)(H,19,20). The molecule has 0 spiro atoms. The van der Waals surface area contributed by atoms with Crippen molar-refractivity contribution >= 4 is 11.9 Å². The van der Waals surface area contributed by atoms with Crippen LogP contribution in [-0.2, 0) is 16.0 Å². The molecule has 1 aliphatic carbocycles. The second-order valence-corrected chi connectivity index (χ2v) is 5.26. The van der Waals surface area contributed by atoms with E-state index in [1.165, 1.54) is 13.0 Å². The van der Waals surface area contributed by atoms with Crippen LogP contribution in [0.5, 0.6) is 0 Å². The summed E-state index contributed by atoms with van der Waals surface area (Å²) in [6.07, 6.45) is 1.33. The molecule has 1 fully saturated rings. The fourth-order valence-corrected chi connectivity index (χ4v) is 2.16. The topological polar surface area (TPSA) is 66.4 Å². The van der Waals surface area contributed by atoms with E-state index < -0.39 is 29.0 Å². The van der Waals surface area contributed by atoms with Gasteiger partial charge in [-0.15, -0.1) is 0 Å². The highest BCUT2D eigenvalue weighted by Crippen LogP contribution is 2.39. The minimum absolute atomic E-state index is 0.0751. The van der Waals surface area contributed by atoms with Crippen LogP contribution in [0.2, 0.25) is 0 Å². The van der Waals surface area contributed by atoms with E-state index in [1.807, 2.05) is 0 Å². The van der Waals surface area contributed by atoms with E-state index in [0.717, 1.165) is 25.0 Å². The average Bonchev–Trinajstić information content (AvgIpc) is 3.17. The quantitative estimate of drug-likeness (QED) is 0.867. The van der Waals surface area contributed by atoms with E-state index in [1.54, 1.807) is 0 Å². The van der Waals surface area contributed by atoms with Gasteiger partial charge >= 0.3 is 5.97 Å². The van der Waals surface area contributed by atoms with Crippen molar-refractivity contribution in [1.29, 1.82) is 0 Å². The summed E-state index contributed by atoms with van der Waals surface area (Å²) in [5, 5.41) is 11.7. The fraction of sp³-hybridized carbons (Fsp3) is 0.429. The molecule has 108 valence electrons. The number of hydrogen-bond acceptors (Lipinski definition) is 2. The lowest BCUT2D eigenvalue weighted by Crippen LogP contribution is -2.54. The highest BCUT2D eigenvalue weighted by atomic mass is 19.2. The van der Waals surface area contributed by atoms with Gasteiger partial charge in [-0.05, 0) is 43.4 Å². The molecule has 4 nitrogen and oxygen atoms in total. The number of rotatable bonds is 5. The SMILES string of the molecule is CC(NC(=O)Cc1ccc(F)c(F)c1)(C(=O)O)C1CC1. The van der Waals surface area contributed by atoms with Gasteiger partial charge in [0, 0.05) is 0 Å². The normalized spacial score (nSPS) is 17.4. The molecule has 1 aromatic carbocycles. The highest BCUT2D eigenvalue weighted by molar-refractivity contribution is 5.88. The van der Waals surface area contributed by atoms with Gasteiger partial charge in [0.15, 0.2) is 11.6 Å². The van der Waals surface area contributed by atoms with E-state index in [0.29, 0.717) is 5.56 Å². The van der Waals surface area contributed by atoms with E-state index in [4.69, 9.17) is 0 Å². The summed E-state index contributed by atoms with van der Waals surface area (Å²) in [6.45, 7) is 1.47.